The van der Waals surface area contributed by atoms with Gasteiger partial charge in [-0.25, -0.2) is 13.6 Å². The van der Waals surface area contributed by atoms with Gasteiger partial charge in [0.25, 0.3) is 5.91 Å². The summed E-state index contributed by atoms with van der Waals surface area (Å²) >= 11 is 5.79. The van der Waals surface area contributed by atoms with Gasteiger partial charge in [-0.2, -0.15) is 5.26 Å². The van der Waals surface area contributed by atoms with E-state index < -0.39 is 76.6 Å². The number of aliphatic hydroxyl groups excluding tert-OH is 4. The number of carbonyl (C=O) groups is 6. The quantitative estimate of drug-likeness (QED) is 0.0521. The van der Waals surface area contributed by atoms with E-state index in [1.807, 2.05) is 147 Å². The number of aliphatic hydroxyl groups is 4. The van der Waals surface area contributed by atoms with Crippen LogP contribution in [0.1, 0.15) is 129 Å². The summed E-state index contributed by atoms with van der Waals surface area (Å²) in [6.07, 6.45) is 11.5. The number of hydrogen-bond acceptors (Lipinski definition) is 12. The van der Waals surface area contributed by atoms with Crippen molar-refractivity contribution in [1.29, 1.82) is 5.26 Å². The molecule has 2 amide bonds. The number of carboxylic acid groups (broad SMARTS) is 1. The summed E-state index contributed by atoms with van der Waals surface area (Å²) in [6, 6.07) is 58.6. The summed E-state index contributed by atoms with van der Waals surface area (Å²) in [5, 5.41) is 59.8. The molecule has 6 unspecified atom stereocenters. The van der Waals surface area contributed by atoms with Crippen LogP contribution < -0.4 is 10.7 Å². The molecular weight excluding hydrogens is 1330 g/mol. The van der Waals surface area contributed by atoms with E-state index in [2.05, 4.69) is 48.6 Å². The topological polar surface area (TPSA) is 261 Å². The van der Waals surface area contributed by atoms with Crippen LogP contribution in [0.3, 0.4) is 0 Å². The van der Waals surface area contributed by atoms with Crippen molar-refractivity contribution >= 4 is 80.4 Å². The molecule has 2 heterocycles. The predicted octanol–water partition coefficient (Wildman–Crippen LogP) is 14.5. The molecule has 4 aliphatic carbocycles. The molecule has 0 spiro atoms. The van der Waals surface area contributed by atoms with Crippen molar-refractivity contribution in [3.05, 3.63) is 341 Å². The minimum Gasteiger partial charge on any atom is -0.477 e. The molecule has 0 bridgehead atoms. The van der Waals surface area contributed by atoms with Crippen molar-refractivity contribution in [2.45, 2.75) is 71.3 Å². The molecule has 0 saturated carbocycles. The number of carbonyl (C=O) groups excluding carboxylic acids is 5. The number of allylic oxidation sites excluding steroid dienone is 6. The van der Waals surface area contributed by atoms with Gasteiger partial charge in [0.2, 0.25) is 11.3 Å². The van der Waals surface area contributed by atoms with Gasteiger partial charge in [0.05, 0.1) is 29.3 Å². The summed E-state index contributed by atoms with van der Waals surface area (Å²) in [5.41, 5.74) is 13.0. The van der Waals surface area contributed by atoms with Gasteiger partial charge in [-0.05, 0) is 152 Å². The van der Waals surface area contributed by atoms with Gasteiger partial charge >= 0.3 is 5.97 Å². The molecule has 1 aliphatic heterocycles. The standard InChI is InChI=1S/C22H20ClF2NO4.C19H16N2O2.C18H16O2.C16H12O2.C10H8O2/c1-11(2)19(10-27)26-9-15(22(29)30)21(28)14-7-13(17(24)8-18(14)26)6-12-4-3-5-16(23)20(12)25;1-12-16(18(22)21-19(23)17(12)11-20)10-13-7-8-15(9-13)14-5-3-2-4-6-14;1-12-6-8-13(9-7-12)10-14-11-17(19)18(20)16-5-3-2-4-15(14)16;17-15-10-14(11-6-2-1-3-7-11)12-8-4-5-9-13(12)16(15)18;11-9-6-5-7-3-1-2-4-8(7)10(9)12/h3-5,7-9,11,19,27H,6,10H2,1-2H3,(H,29,30);2-8,10,12,17H,9H2,1H3,(H,21,22,23);2-9,11,18,20H,10H2,1H3;1-10,16,18H;1-6,10,12H/b;16-10-;;;. The number of nitrogens with zero attached hydrogens (tertiary/aromatic N) is 2. The number of benzene rings is 8. The van der Waals surface area contributed by atoms with Gasteiger partial charge in [-0.3, -0.25) is 34.1 Å². The molecule has 15 nitrogen and oxygen atoms in total. The minimum atomic E-state index is -1.43. The van der Waals surface area contributed by atoms with E-state index in [1.165, 1.54) is 57.7 Å². The van der Waals surface area contributed by atoms with Crippen molar-refractivity contribution in [2.24, 2.45) is 17.8 Å². The van der Waals surface area contributed by atoms with Gasteiger partial charge in [-0.15, -0.1) is 0 Å². The molecule has 520 valence electrons. The number of nitriles is 1. The second-order valence-electron chi connectivity index (χ2n) is 25.5. The van der Waals surface area contributed by atoms with E-state index in [0.717, 1.165) is 63.2 Å². The highest BCUT2D eigenvalue weighted by atomic mass is 35.5. The highest BCUT2D eigenvalue weighted by Crippen LogP contribution is 2.38. The zero-order valence-electron chi connectivity index (χ0n) is 56.5. The van der Waals surface area contributed by atoms with E-state index in [1.54, 1.807) is 31.2 Å². The number of pyridine rings is 1. The Hall–Kier alpha value is -11.5. The van der Waals surface area contributed by atoms with Crippen molar-refractivity contribution in [3.8, 4) is 6.07 Å². The van der Waals surface area contributed by atoms with Crippen LogP contribution in [0.15, 0.2) is 247 Å². The number of piperidine rings is 1. The molecule has 1 saturated heterocycles. The largest absolute Gasteiger partial charge is 0.477 e. The molecule has 0 radical (unpaired) electrons. The van der Waals surface area contributed by atoms with Crippen LogP contribution in [-0.2, 0) is 36.8 Å². The number of fused-ring (bicyclic) bond motifs is 4. The lowest BCUT2D eigenvalue weighted by molar-refractivity contribution is -0.133. The summed E-state index contributed by atoms with van der Waals surface area (Å²) < 4.78 is 30.6. The number of halogens is 3. The zero-order chi connectivity index (χ0) is 73.8. The van der Waals surface area contributed by atoms with Crippen molar-refractivity contribution < 1.29 is 63.1 Å². The maximum absolute atomic E-state index is 14.9. The van der Waals surface area contributed by atoms with Gasteiger partial charge < -0.3 is 30.1 Å². The summed E-state index contributed by atoms with van der Waals surface area (Å²) in [7, 11) is 0. The number of rotatable bonds is 11. The van der Waals surface area contributed by atoms with Crippen LogP contribution in [-0.4, -0.2) is 71.8 Å². The SMILES string of the molecule is CC(C)C(CO)n1cc(C(=O)O)c(=O)c2cc(Cc3cccc(Cl)c3F)c(F)cc21.CC1/C(=C/C2=CC=C(c3ccccc3)C2)C(=O)NC(=O)C1C#N.Cc1ccc(CC2=CC(=O)C(O)c3ccccc32)cc1.O=C1C=C(c2ccccc2)c2ccccc2C1O.O=C1C=Cc2ccccc2C1O. The van der Waals surface area contributed by atoms with Gasteiger partial charge in [0, 0.05) is 29.5 Å². The van der Waals surface area contributed by atoms with Crippen molar-refractivity contribution in [2.75, 3.05) is 6.61 Å². The Morgan fingerprint density at radius 1 is 0.680 bits per heavy atom. The van der Waals surface area contributed by atoms with Gasteiger partial charge in [0.15, 0.2) is 17.3 Å². The molecule has 9 aromatic rings. The van der Waals surface area contributed by atoms with E-state index >= 15 is 0 Å². The Bertz CT molecular complexity index is 5090. The molecule has 1 aromatic heterocycles. The monoisotopic (exact) mass is 1400 g/mol. The van der Waals surface area contributed by atoms with E-state index in [0.29, 0.717) is 28.7 Å². The third-order valence-corrected chi connectivity index (χ3v) is 18.6. The molecule has 6 atom stereocenters. The zero-order valence-corrected chi connectivity index (χ0v) is 57.3. The summed E-state index contributed by atoms with van der Waals surface area (Å²) in [6.45, 7) is 7.11. The highest BCUT2D eigenvalue weighted by Gasteiger charge is 2.38. The number of amides is 2. The average molecular weight is 1400 g/mol. The number of nitrogens with one attached hydrogen (secondary N) is 1. The fourth-order valence-electron chi connectivity index (χ4n) is 12.6. The number of aromatic carboxylic acids is 1. The van der Waals surface area contributed by atoms with Crippen molar-refractivity contribution in [1.82, 2.24) is 9.88 Å². The Morgan fingerprint density at radius 3 is 1.91 bits per heavy atom. The Kier molecular flexibility index (Phi) is 24.0. The molecule has 103 heavy (non-hydrogen) atoms. The molecule has 18 heteroatoms. The average Bonchev–Trinajstić information content (AvgIpc) is 1.21. The first-order valence-corrected chi connectivity index (χ1v) is 33.5. The molecular formula is C85H72ClF2N3O12. The molecule has 8 aromatic carbocycles. The lowest BCUT2D eigenvalue weighted by Gasteiger charge is -2.25. The smallest absolute Gasteiger partial charge is 0.341 e. The van der Waals surface area contributed by atoms with Crippen LogP contribution in [0, 0.1) is 47.6 Å². The molecule has 6 N–H and O–H groups in total. The summed E-state index contributed by atoms with van der Waals surface area (Å²) in [4.78, 5) is 82.8. The Labute approximate surface area is 598 Å². The molecule has 14 rings (SSSR count). The molecule has 1 fully saturated rings. The first-order valence-electron chi connectivity index (χ1n) is 33.2. The number of aryl methyl sites for hydroxylation is 1. The first-order chi connectivity index (χ1) is 49.5. The van der Waals surface area contributed by atoms with E-state index in [4.69, 9.17) is 16.9 Å². The first kappa shape index (κ1) is 74.2. The number of ketones is 3. The van der Waals surface area contributed by atoms with Crippen LogP contribution in [0.25, 0.3) is 33.7 Å². The minimum absolute atomic E-state index is 0.0205. The third-order valence-electron chi connectivity index (χ3n) is 18.3. The Morgan fingerprint density at radius 2 is 1.27 bits per heavy atom. The van der Waals surface area contributed by atoms with Crippen molar-refractivity contribution in [3.63, 3.8) is 0 Å². The number of imide groups is 1. The number of aromatic nitrogens is 1. The molecule has 5 aliphatic rings. The van der Waals surface area contributed by atoms with E-state index in [9.17, 15) is 67.9 Å². The van der Waals surface area contributed by atoms with Crippen LogP contribution >= 0.6 is 11.6 Å². The summed E-state index contributed by atoms with van der Waals surface area (Å²) in [5.74, 6) is -5.77. The van der Waals surface area contributed by atoms with Gasteiger partial charge in [0.1, 0.15) is 41.4 Å². The van der Waals surface area contributed by atoms with E-state index in [-0.39, 0.29) is 63.3 Å². The second kappa shape index (κ2) is 33.3. The van der Waals surface area contributed by atoms with Crippen LogP contribution in [0.4, 0.5) is 8.78 Å². The fourth-order valence-corrected chi connectivity index (χ4v) is 12.8. The lowest BCUT2D eigenvalue weighted by Crippen LogP contribution is -2.46. The second-order valence-corrected chi connectivity index (χ2v) is 25.9. The fraction of sp³-hybridized carbons (Fsp3) is 0.176. The number of carboxylic acids is 1. The van der Waals surface area contributed by atoms with Gasteiger partial charge in [-0.1, -0.05) is 226 Å². The van der Waals surface area contributed by atoms with Crippen LogP contribution in [0.2, 0.25) is 5.02 Å². The normalized spacial score (nSPS) is 18.4. The number of hydrogen-bond donors (Lipinski definition) is 6. The highest BCUT2D eigenvalue weighted by molar-refractivity contribution is 6.30. The predicted molar refractivity (Wildman–Crippen MR) is 392 cm³/mol. The Balaban J connectivity index is 0.000000142. The third kappa shape index (κ3) is 17.1. The van der Waals surface area contributed by atoms with Crippen LogP contribution in [0.5, 0.6) is 0 Å². The lowest BCUT2D eigenvalue weighted by atomic mass is 9.83. The maximum Gasteiger partial charge on any atom is 0.341 e. The maximum atomic E-state index is 14.9.